The van der Waals surface area contributed by atoms with Gasteiger partial charge >= 0.3 is 0 Å². The average molecular weight is 357 g/mol. The molecular weight excluding hydrogens is 334 g/mol. The van der Waals surface area contributed by atoms with Gasteiger partial charge in [0.2, 0.25) is 5.82 Å². The van der Waals surface area contributed by atoms with E-state index in [-0.39, 0.29) is 17.9 Å². The first-order chi connectivity index (χ1) is 12.5. The lowest BCUT2D eigenvalue weighted by atomic mass is 10.1. The fraction of sp³-hybridized carbons (Fsp3) is 0.471. The second-order valence-electron chi connectivity index (χ2n) is 6.21. The lowest BCUT2D eigenvalue weighted by molar-refractivity contribution is 0.0403. The van der Waals surface area contributed by atoms with Gasteiger partial charge in [0.05, 0.1) is 11.3 Å². The van der Waals surface area contributed by atoms with Crippen LogP contribution in [0.5, 0.6) is 0 Å². The number of piperazine rings is 1. The number of amides is 2. The maximum atomic E-state index is 12.8. The van der Waals surface area contributed by atoms with Crippen molar-refractivity contribution >= 4 is 17.5 Å². The zero-order valence-corrected chi connectivity index (χ0v) is 15.2. The van der Waals surface area contributed by atoms with E-state index in [9.17, 15) is 9.59 Å². The van der Waals surface area contributed by atoms with Crippen LogP contribution in [-0.4, -0.2) is 74.1 Å². The van der Waals surface area contributed by atoms with Crippen LogP contribution >= 0.6 is 0 Å². The number of nitrogens with one attached hydrogen (secondary N) is 1. The van der Waals surface area contributed by atoms with Crippen molar-refractivity contribution in [1.29, 1.82) is 0 Å². The van der Waals surface area contributed by atoms with Crippen molar-refractivity contribution in [2.75, 3.05) is 32.0 Å². The summed E-state index contributed by atoms with van der Waals surface area (Å²) in [5, 5.41) is 7.04. The monoisotopic (exact) mass is 357 g/mol. The van der Waals surface area contributed by atoms with Gasteiger partial charge in [0.25, 0.3) is 11.8 Å². The number of carbonyl (C=O) groups is 2. The van der Waals surface area contributed by atoms with Crippen molar-refractivity contribution in [3.63, 3.8) is 0 Å². The Hall–Kier alpha value is -2.97. The predicted molar refractivity (Wildman–Crippen MR) is 95.9 cm³/mol. The molecule has 26 heavy (non-hydrogen) atoms. The molecule has 2 amide bonds. The summed E-state index contributed by atoms with van der Waals surface area (Å²) >= 11 is 0. The Bertz CT molecular complexity index is 804. The van der Waals surface area contributed by atoms with Crippen LogP contribution in [0.2, 0.25) is 0 Å². The molecule has 0 aromatic carbocycles. The SMILES string of the molecule is CCn1ncnc1C(=O)N1CCN(C(=O)c2cncc(NC)c2)C[C@@H]1C. The third kappa shape index (κ3) is 3.37. The number of carbonyl (C=O) groups excluding carboxylic acids is 2. The standard InChI is InChI=1S/C17H23N7O2/c1-4-24-15(20-11-21-24)17(26)23-6-5-22(10-12(23)2)16(25)13-7-14(18-3)9-19-8-13/h7-9,11-12,18H,4-6,10H2,1-3H3/t12-/m0/s1. The molecule has 9 heteroatoms. The second-order valence-corrected chi connectivity index (χ2v) is 6.21. The van der Waals surface area contributed by atoms with Gasteiger partial charge in [0.15, 0.2) is 0 Å². The zero-order valence-electron chi connectivity index (χ0n) is 15.2. The van der Waals surface area contributed by atoms with Crippen LogP contribution in [-0.2, 0) is 6.54 Å². The smallest absolute Gasteiger partial charge is 0.291 e. The first-order valence-electron chi connectivity index (χ1n) is 8.66. The van der Waals surface area contributed by atoms with Crippen molar-refractivity contribution in [3.8, 4) is 0 Å². The quantitative estimate of drug-likeness (QED) is 0.866. The fourth-order valence-electron chi connectivity index (χ4n) is 3.11. The summed E-state index contributed by atoms with van der Waals surface area (Å²) in [6.45, 7) is 5.84. The molecule has 1 aliphatic rings. The largest absolute Gasteiger partial charge is 0.387 e. The molecule has 138 valence electrons. The van der Waals surface area contributed by atoms with Gasteiger partial charge in [-0.15, -0.1) is 0 Å². The number of aromatic nitrogens is 4. The lowest BCUT2D eigenvalue weighted by Gasteiger charge is -2.39. The summed E-state index contributed by atoms with van der Waals surface area (Å²) in [4.78, 5) is 37.2. The molecule has 1 fully saturated rings. The maximum absolute atomic E-state index is 12.8. The Morgan fingerprint density at radius 2 is 2.08 bits per heavy atom. The minimum atomic E-state index is -0.150. The highest BCUT2D eigenvalue weighted by molar-refractivity contribution is 5.95. The minimum Gasteiger partial charge on any atom is -0.387 e. The topological polar surface area (TPSA) is 96.3 Å². The number of anilines is 1. The third-order valence-electron chi connectivity index (χ3n) is 4.56. The maximum Gasteiger partial charge on any atom is 0.291 e. The van der Waals surface area contributed by atoms with Crippen molar-refractivity contribution in [1.82, 2.24) is 29.5 Å². The molecule has 1 saturated heterocycles. The van der Waals surface area contributed by atoms with Gasteiger partial charge in [0.1, 0.15) is 6.33 Å². The van der Waals surface area contributed by atoms with E-state index in [2.05, 4.69) is 20.4 Å². The highest BCUT2D eigenvalue weighted by Gasteiger charge is 2.32. The van der Waals surface area contributed by atoms with Crippen molar-refractivity contribution in [3.05, 3.63) is 36.2 Å². The molecule has 2 aromatic heterocycles. The van der Waals surface area contributed by atoms with Crippen LogP contribution in [0.25, 0.3) is 0 Å². The Labute approximate surface area is 152 Å². The molecule has 3 rings (SSSR count). The molecule has 0 saturated carbocycles. The lowest BCUT2D eigenvalue weighted by Crippen LogP contribution is -2.55. The molecule has 0 aliphatic carbocycles. The fourth-order valence-corrected chi connectivity index (χ4v) is 3.11. The van der Waals surface area contributed by atoms with Crippen LogP contribution < -0.4 is 5.32 Å². The molecule has 0 unspecified atom stereocenters. The summed E-state index contributed by atoms with van der Waals surface area (Å²) in [5.74, 6) is 0.109. The van der Waals surface area contributed by atoms with Gasteiger partial charge in [-0.05, 0) is 19.9 Å². The van der Waals surface area contributed by atoms with Gasteiger partial charge in [0, 0.05) is 51.7 Å². The summed E-state index contributed by atoms with van der Waals surface area (Å²) in [6.07, 6.45) is 4.62. The molecule has 9 nitrogen and oxygen atoms in total. The Morgan fingerprint density at radius 3 is 2.77 bits per heavy atom. The van der Waals surface area contributed by atoms with Gasteiger partial charge in [-0.25, -0.2) is 9.67 Å². The first-order valence-corrected chi connectivity index (χ1v) is 8.66. The minimum absolute atomic E-state index is 0.0785. The molecule has 0 spiro atoms. The van der Waals surface area contributed by atoms with Gasteiger partial charge in [-0.2, -0.15) is 5.10 Å². The number of hydrogen-bond acceptors (Lipinski definition) is 6. The molecule has 1 N–H and O–H groups in total. The molecule has 2 aromatic rings. The van der Waals surface area contributed by atoms with Gasteiger partial charge in [-0.3, -0.25) is 14.6 Å². The van der Waals surface area contributed by atoms with E-state index >= 15 is 0 Å². The molecule has 3 heterocycles. The van der Waals surface area contributed by atoms with Crippen LogP contribution in [0, 0.1) is 0 Å². The van der Waals surface area contributed by atoms with Gasteiger partial charge in [-0.1, -0.05) is 0 Å². The van der Waals surface area contributed by atoms with Crippen LogP contribution in [0.4, 0.5) is 5.69 Å². The summed E-state index contributed by atoms with van der Waals surface area (Å²) in [6, 6.07) is 1.67. The summed E-state index contributed by atoms with van der Waals surface area (Å²) in [7, 11) is 1.78. The van der Waals surface area contributed by atoms with E-state index in [0.29, 0.717) is 37.6 Å². The highest BCUT2D eigenvalue weighted by atomic mass is 16.2. The van der Waals surface area contributed by atoms with Crippen LogP contribution in [0.3, 0.4) is 0 Å². The molecule has 0 radical (unpaired) electrons. The van der Waals surface area contributed by atoms with E-state index < -0.39 is 0 Å². The Balaban J connectivity index is 1.70. The van der Waals surface area contributed by atoms with Crippen LogP contribution in [0.15, 0.2) is 24.8 Å². The molecule has 0 bridgehead atoms. The average Bonchev–Trinajstić information content (AvgIpc) is 3.15. The summed E-state index contributed by atoms with van der Waals surface area (Å²) < 4.78 is 1.58. The highest BCUT2D eigenvalue weighted by Crippen LogP contribution is 2.16. The van der Waals surface area contributed by atoms with E-state index in [0.717, 1.165) is 5.69 Å². The second kappa shape index (κ2) is 7.51. The Morgan fingerprint density at radius 1 is 1.27 bits per heavy atom. The predicted octanol–water partition coefficient (Wildman–Crippen LogP) is 0.721. The molecular formula is C17H23N7O2. The number of aryl methyl sites for hydroxylation is 1. The number of hydrogen-bond donors (Lipinski definition) is 1. The summed E-state index contributed by atoms with van der Waals surface area (Å²) in [5.41, 5.74) is 1.33. The van der Waals surface area contributed by atoms with E-state index in [1.54, 1.807) is 40.0 Å². The van der Waals surface area contributed by atoms with E-state index in [1.165, 1.54) is 6.33 Å². The number of nitrogens with zero attached hydrogens (tertiary/aromatic N) is 6. The zero-order chi connectivity index (χ0) is 18.7. The number of pyridine rings is 1. The van der Waals surface area contributed by atoms with E-state index in [4.69, 9.17) is 0 Å². The van der Waals surface area contributed by atoms with Crippen LogP contribution in [0.1, 0.15) is 34.8 Å². The van der Waals surface area contributed by atoms with Gasteiger partial charge < -0.3 is 15.1 Å². The van der Waals surface area contributed by atoms with Crippen molar-refractivity contribution in [2.24, 2.45) is 0 Å². The van der Waals surface area contributed by atoms with Crippen molar-refractivity contribution < 1.29 is 9.59 Å². The molecule has 1 atom stereocenters. The number of rotatable bonds is 4. The normalized spacial score (nSPS) is 17.3. The first kappa shape index (κ1) is 17.8. The third-order valence-corrected chi connectivity index (χ3v) is 4.56. The molecule has 1 aliphatic heterocycles. The van der Waals surface area contributed by atoms with E-state index in [1.807, 2.05) is 13.8 Å². The Kier molecular flexibility index (Phi) is 5.15. The van der Waals surface area contributed by atoms with Crippen molar-refractivity contribution in [2.45, 2.75) is 26.4 Å².